The fourth-order valence-electron chi connectivity index (χ4n) is 1.94. The first-order valence-corrected chi connectivity index (χ1v) is 6.49. The highest BCUT2D eigenvalue weighted by atomic mass is 32.1. The minimum absolute atomic E-state index is 0.294. The number of aryl methyl sites for hydroxylation is 1. The van der Waals surface area contributed by atoms with Crippen LogP contribution in [0, 0.1) is 17.1 Å². The summed E-state index contributed by atoms with van der Waals surface area (Å²) in [5.74, 6) is 0.980. The van der Waals surface area contributed by atoms with Gasteiger partial charge >= 0.3 is 0 Å². The van der Waals surface area contributed by atoms with Crippen LogP contribution in [0.15, 0.2) is 0 Å². The minimum Gasteiger partial charge on any atom is -0.304 e. The smallest absolute Gasteiger partial charge is 0.195 e. The number of hydrogen-bond acceptors (Lipinski definition) is 2. The van der Waals surface area contributed by atoms with Crippen LogP contribution >= 0.6 is 12.2 Å². The van der Waals surface area contributed by atoms with Gasteiger partial charge in [-0.3, -0.25) is 5.10 Å². The number of aromatic amines is 1. The second kappa shape index (κ2) is 5.62. The lowest BCUT2D eigenvalue weighted by Crippen LogP contribution is -2.20. The van der Waals surface area contributed by atoms with Gasteiger partial charge in [-0.15, -0.1) is 0 Å². The molecule has 0 aromatic carbocycles. The number of H-pyrrole nitrogens is 1. The highest BCUT2D eigenvalue weighted by Gasteiger charge is 2.19. The van der Waals surface area contributed by atoms with Crippen LogP contribution in [0.5, 0.6) is 0 Å². The van der Waals surface area contributed by atoms with E-state index in [2.05, 4.69) is 35.5 Å². The molecule has 0 amide bonds. The van der Waals surface area contributed by atoms with Crippen LogP contribution in [-0.4, -0.2) is 14.8 Å². The van der Waals surface area contributed by atoms with E-state index in [9.17, 15) is 0 Å². The molecule has 1 N–H and O–H groups in total. The first-order chi connectivity index (χ1) is 7.46. The first-order valence-electron chi connectivity index (χ1n) is 6.08. The molecule has 0 saturated carbocycles. The fourth-order valence-corrected chi connectivity index (χ4v) is 2.19. The lowest BCUT2D eigenvalue weighted by atomic mass is 9.87. The van der Waals surface area contributed by atoms with Crippen molar-refractivity contribution >= 4 is 12.2 Å². The Bertz CT molecular complexity index is 376. The van der Waals surface area contributed by atoms with Crippen LogP contribution in [0.1, 0.15) is 52.3 Å². The van der Waals surface area contributed by atoms with Gasteiger partial charge in [-0.2, -0.15) is 5.10 Å². The Morgan fingerprint density at radius 1 is 1.38 bits per heavy atom. The van der Waals surface area contributed by atoms with Gasteiger partial charge in [-0.1, -0.05) is 40.0 Å². The number of hydrogen-bond donors (Lipinski definition) is 1. The van der Waals surface area contributed by atoms with E-state index in [0.717, 1.165) is 17.1 Å². The van der Waals surface area contributed by atoms with Crippen molar-refractivity contribution in [1.82, 2.24) is 14.8 Å². The molecule has 0 bridgehead atoms. The summed E-state index contributed by atoms with van der Waals surface area (Å²) < 4.78 is 2.84. The molecule has 0 unspecified atom stereocenters. The summed E-state index contributed by atoms with van der Waals surface area (Å²) in [7, 11) is 0. The Morgan fingerprint density at radius 3 is 2.56 bits per heavy atom. The maximum Gasteiger partial charge on any atom is 0.195 e. The zero-order chi connectivity index (χ0) is 12.2. The molecule has 1 aromatic rings. The molecule has 1 rings (SSSR count). The SMILES string of the molecule is CCCCCC(C)(C)Cn1c(C)n[nH]c1=S. The molecular weight excluding hydrogens is 218 g/mol. The van der Waals surface area contributed by atoms with Crippen molar-refractivity contribution in [1.29, 1.82) is 0 Å². The topological polar surface area (TPSA) is 33.6 Å². The molecule has 1 heterocycles. The lowest BCUT2D eigenvalue weighted by molar-refractivity contribution is 0.268. The number of rotatable bonds is 6. The third kappa shape index (κ3) is 3.74. The van der Waals surface area contributed by atoms with Crippen molar-refractivity contribution in [2.75, 3.05) is 0 Å². The number of nitrogens with zero attached hydrogens (tertiary/aromatic N) is 2. The third-order valence-corrected chi connectivity index (χ3v) is 3.30. The van der Waals surface area contributed by atoms with E-state index in [4.69, 9.17) is 12.2 Å². The zero-order valence-corrected chi connectivity index (χ0v) is 11.7. The average molecular weight is 241 g/mol. The highest BCUT2D eigenvalue weighted by molar-refractivity contribution is 7.71. The van der Waals surface area contributed by atoms with E-state index < -0.39 is 0 Å². The molecule has 0 aliphatic heterocycles. The summed E-state index contributed by atoms with van der Waals surface area (Å²) in [4.78, 5) is 0. The zero-order valence-electron chi connectivity index (χ0n) is 10.8. The van der Waals surface area contributed by atoms with Gasteiger partial charge in [0.2, 0.25) is 0 Å². The molecule has 0 fully saturated rings. The molecule has 4 heteroatoms. The summed E-state index contributed by atoms with van der Waals surface area (Å²) in [6.07, 6.45) is 5.14. The molecule has 0 saturated heterocycles. The van der Waals surface area contributed by atoms with Crippen LogP contribution in [-0.2, 0) is 6.54 Å². The van der Waals surface area contributed by atoms with E-state index in [1.165, 1.54) is 25.7 Å². The first kappa shape index (κ1) is 13.4. The van der Waals surface area contributed by atoms with E-state index in [1.807, 2.05) is 6.92 Å². The molecule has 0 radical (unpaired) electrons. The molecule has 0 aliphatic carbocycles. The van der Waals surface area contributed by atoms with Crippen LogP contribution in [0.2, 0.25) is 0 Å². The fraction of sp³-hybridized carbons (Fsp3) is 0.833. The number of aromatic nitrogens is 3. The van der Waals surface area contributed by atoms with Crippen LogP contribution < -0.4 is 0 Å². The molecule has 3 nitrogen and oxygen atoms in total. The maximum atomic E-state index is 5.22. The number of unbranched alkanes of at least 4 members (excludes halogenated alkanes) is 2. The van der Waals surface area contributed by atoms with Crippen molar-refractivity contribution in [2.24, 2.45) is 5.41 Å². The van der Waals surface area contributed by atoms with Crippen molar-refractivity contribution in [3.63, 3.8) is 0 Å². The van der Waals surface area contributed by atoms with Gasteiger partial charge in [0.1, 0.15) is 5.82 Å². The van der Waals surface area contributed by atoms with Crippen molar-refractivity contribution in [3.8, 4) is 0 Å². The van der Waals surface area contributed by atoms with Gasteiger partial charge < -0.3 is 4.57 Å². The summed E-state index contributed by atoms with van der Waals surface area (Å²) in [5, 5.41) is 6.99. The minimum atomic E-state index is 0.294. The molecule has 16 heavy (non-hydrogen) atoms. The molecule has 0 atom stereocenters. The monoisotopic (exact) mass is 241 g/mol. The van der Waals surface area contributed by atoms with E-state index in [1.54, 1.807) is 0 Å². The van der Waals surface area contributed by atoms with Crippen LogP contribution in [0.25, 0.3) is 0 Å². The molecule has 0 spiro atoms. The summed E-state index contributed by atoms with van der Waals surface area (Å²) in [5.41, 5.74) is 0.294. The standard InChI is InChI=1S/C12H23N3S/c1-5-6-7-8-12(3,4)9-15-10(2)13-14-11(15)16/h5-9H2,1-4H3,(H,14,16). The third-order valence-electron chi connectivity index (χ3n) is 2.99. The summed E-state index contributed by atoms with van der Waals surface area (Å²) in [6, 6.07) is 0. The quantitative estimate of drug-likeness (QED) is 0.606. The molecule has 92 valence electrons. The van der Waals surface area contributed by atoms with E-state index in [-0.39, 0.29) is 0 Å². The van der Waals surface area contributed by atoms with E-state index >= 15 is 0 Å². The van der Waals surface area contributed by atoms with Gasteiger partial charge in [-0.05, 0) is 31.0 Å². The van der Waals surface area contributed by atoms with Crippen molar-refractivity contribution < 1.29 is 0 Å². The second-order valence-electron chi connectivity index (χ2n) is 5.28. The van der Waals surface area contributed by atoms with Crippen LogP contribution in [0.4, 0.5) is 0 Å². The largest absolute Gasteiger partial charge is 0.304 e. The predicted octanol–water partition coefficient (Wildman–Crippen LogP) is 3.86. The van der Waals surface area contributed by atoms with E-state index in [0.29, 0.717) is 5.41 Å². The van der Waals surface area contributed by atoms with Gasteiger partial charge in [0.15, 0.2) is 4.77 Å². The van der Waals surface area contributed by atoms with Gasteiger partial charge in [-0.25, -0.2) is 0 Å². The second-order valence-corrected chi connectivity index (χ2v) is 5.67. The van der Waals surface area contributed by atoms with Gasteiger partial charge in [0.05, 0.1) is 0 Å². The van der Waals surface area contributed by atoms with Crippen molar-refractivity contribution in [2.45, 2.75) is 59.9 Å². The lowest BCUT2D eigenvalue weighted by Gasteiger charge is -2.25. The highest BCUT2D eigenvalue weighted by Crippen LogP contribution is 2.26. The predicted molar refractivity (Wildman–Crippen MR) is 70.1 cm³/mol. The normalized spacial score (nSPS) is 12.0. The van der Waals surface area contributed by atoms with Gasteiger partial charge in [0.25, 0.3) is 0 Å². The average Bonchev–Trinajstić information content (AvgIpc) is 2.49. The molecular formula is C12H23N3S. The number of nitrogens with one attached hydrogen (secondary N) is 1. The Balaban J connectivity index is 2.61. The summed E-state index contributed by atoms with van der Waals surface area (Å²) >= 11 is 5.22. The van der Waals surface area contributed by atoms with Crippen molar-refractivity contribution in [3.05, 3.63) is 10.6 Å². The van der Waals surface area contributed by atoms with Gasteiger partial charge in [0, 0.05) is 6.54 Å². The Labute approximate surface area is 103 Å². The maximum absolute atomic E-state index is 5.22. The molecule has 0 aliphatic rings. The molecule has 1 aromatic heterocycles. The Morgan fingerprint density at radius 2 is 2.06 bits per heavy atom. The Kier molecular flexibility index (Phi) is 4.71. The Hall–Kier alpha value is -0.640. The van der Waals surface area contributed by atoms with Crippen LogP contribution in [0.3, 0.4) is 0 Å². The summed E-state index contributed by atoms with van der Waals surface area (Å²) in [6.45, 7) is 9.80.